The van der Waals surface area contributed by atoms with E-state index in [0.29, 0.717) is 19.5 Å². The number of halogens is 1. The summed E-state index contributed by atoms with van der Waals surface area (Å²) in [5.41, 5.74) is 1.30. The third-order valence-electron chi connectivity index (χ3n) is 6.54. The lowest BCUT2D eigenvalue weighted by Crippen LogP contribution is -2.34. The summed E-state index contributed by atoms with van der Waals surface area (Å²) in [6.45, 7) is 1.23. The van der Waals surface area contributed by atoms with E-state index in [1.54, 1.807) is 18.2 Å². The number of rotatable bonds is 5. The van der Waals surface area contributed by atoms with E-state index in [-0.39, 0.29) is 27.6 Å². The maximum absolute atomic E-state index is 14.5. The molecule has 2 aliphatic rings. The van der Waals surface area contributed by atoms with Gasteiger partial charge in [-0.1, -0.05) is 24.3 Å². The van der Waals surface area contributed by atoms with Crippen LogP contribution in [-0.4, -0.2) is 37.7 Å². The lowest BCUT2D eigenvalue weighted by Gasteiger charge is -2.35. The van der Waals surface area contributed by atoms with E-state index in [1.165, 1.54) is 36.5 Å². The van der Waals surface area contributed by atoms with E-state index in [0.717, 1.165) is 35.2 Å². The fraction of sp³-hybridized carbons (Fsp3) is 0.320. The molecule has 1 spiro atoms. The Morgan fingerprint density at radius 3 is 2.42 bits per heavy atom. The second-order valence-corrected chi connectivity index (χ2v) is 10.3. The number of carbonyl (C=O) groups excluding carboxylic acids is 1. The van der Waals surface area contributed by atoms with Crippen LogP contribution in [0.25, 0.3) is 11.3 Å². The third-order valence-corrected chi connectivity index (χ3v) is 8.21. The van der Waals surface area contributed by atoms with Crippen LogP contribution in [0.4, 0.5) is 4.39 Å². The lowest BCUT2D eigenvalue weighted by molar-refractivity contribution is -0.178. The summed E-state index contributed by atoms with van der Waals surface area (Å²) in [7, 11) is -4.07. The maximum atomic E-state index is 14.5. The van der Waals surface area contributed by atoms with Crippen molar-refractivity contribution in [2.24, 2.45) is 0 Å². The fourth-order valence-corrected chi connectivity index (χ4v) is 6.24. The van der Waals surface area contributed by atoms with E-state index in [2.05, 4.69) is 0 Å². The van der Waals surface area contributed by atoms with E-state index < -0.39 is 21.6 Å². The van der Waals surface area contributed by atoms with Gasteiger partial charge in [-0.3, -0.25) is 4.79 Å². The molecule has 0 atom stereocenters. The summed E-state index contributed by atoms with van der Waals surface area (Å²) >= 11 is 0. The van der Waals surface area contributed by atoms with E-state index in [1.807, 2.05) is 6.07 Å². The van der Waals surface area contributed by atoms with Crippen molar-refractivity contribution in [2.45, 2.75) is 42.3 Å². The number of nitrogens with zero attached hydrogens (tertiary/aromatic N) is 1. The van der Waals surface area contributed by atoms with Crippen LogP contribution in [0.2, 0.25) is 0 Å². The van der Waals surface area contributed by atoms with Gasteiger partial charge in [0.2, 0.25) is 0 Å². The lowest BCUT2D eigenvalue weighted by atomic mass is 9.81. The highest BCUT2D eigenvalue weighted by atomic mass is 32.2. The Balaban J connectivity index is 1.49. The molecule has 3 aromatic rings. The first-order valence-electron chi connectivity index (χ1n) is 11.0. The van der Waals surface area contributed by atoms with Crippen LogP contribution in [0.1, 0.15) is 47.5 Å². The Morgan fingerprint density at radius 1 is 1.00 bits per heavy atom. The smallest absolute Gasteiger partial charge is 0.268 e. The zero-order chi connectivity index (χ0) is 23.1. The maximum Gasteiger partial charge on any atom is 0.268 e. The minimum atomic E-state index is -4.07. The van der Waals surface area contributed by atoms with Gasteiger partial charge in [0, 0.05) is 30.2 Å². The zero-order valence-corrected chi connectivity index (χ0v) is 18.8. The Hall–Kier alpha value is -2.81. The number of ether oxygens (including phenoxy) is 2. The predicted octanol–water partition coefficient (Wildman–Crippen LogP) is 4.74. The van der Waals surface area contributed by atoms with Gasteiger partial charge in [-0.25, -0.2) is 16.8 Å². The summed E-state index contributed by atoms with van der Waals surface area (Å²) in [5, 5.41) is 0. The van der Waals surface area contributed by atoms with Crippen LogP contribution in [0.5, 0.6) is 0 Å². The van der Waals surface area contributed by atoms with Crippen LogP contribution in [0.15, 0.2) is 65.7 Å². The number of hydrogen-bond donors (Lipinski definition) is 0. The highest BCUT2D eigenvalue weighted by Gasteiger charge is 2.40. The van der Waals surface area contributed by atoms with Crippen LogP contribution >= 0.6 is 0 Å². The number of aldehydes is 1. The van der Waals surface area contributed by atoms with Gasteiger partial charge in [0.25, 0.3) is 10.0 Å². The summed E-state index contributed by atoms with van der Waals surface area (Å²) < 4.78 is 54.2. The van der Waals surface area contributed by atoms with Crippen molar-refractivity contribution in [1.82, 2.24) is 3.97 Å². The molecule has 0 radical (unpaired) electrons. The molecule has 1 aliphatic carbocycles. The first kappa shape index (κ1) is 22.0. The molecular weight excluding hydrogens is 445 g/mol. The molecular formula is C25H24FNO5S. The average molecular weight is 470 g/mol. The molecule has 6 nitrogen and oxygen atoms in total. The standard InChI is InChI=1S/C25H24FNO5S/c26-23-7-2-1-6-22(23)24-14-18(17-28)16-27(24)33(29,30)21-5-3-4-20(15-21)19-8-10-25(11-9-19)31-12-13-32-25/h1-7,14-17,19H,8-13H2. The van der Waals surface area contributed by atoms with E-state index in [9.17, 15) is 17.6 Å². The first-order valence-corrected chi connectivity index (χ1v) is 12.4. The van der Waals surface area contributed by atoms with Crippen molar-refractivity contribution < 1.29 is 27.1 Å². The molecule has 2 aromatic carbocycles. The quantitative estimate of drug-likeness (QED) is 0.505. The highest BCUT2D eigenvalue weighted by Crippen LogP contribution is 2.42. The molecule has 1 aliphatic heterocycles. The van der Waals surface area contributed by atoms with Crippen LogP contribution < -0.4 is 0 Å². The minimum Gasteiger partial charge on any atom is -0.348 e. The van der Waals surface area contributed by atoms with Crippen molar-refractivity contribution in [3.05, 3.63) is 77.7 Å². The fourth-order valence-electron chi connectivity index (χ4n) is 4.81. The summed E-state index contributed by atoms with van der Waals surface area (Å²) in [4.78, 5) is 11.5. The molecule has 33 heavy (non-hydrogen) atoms. The molecule has 0 bridgehead atoms. The molecule has 5 rings (SSSR count). The summed E-state index contributed by atoms with van der Waals surface area (Å²) in [5.74, 6) is -0.851. The monoisotopic (exact) mass is 469 g/mol. The van der Waals surface area contributed by atoms with Gasteiger partial charge in [-0.05, 0) is 54.7 Å². The van der Waals surface area contributed by atoms with Gasteiger partial charge in [-0.2, -0.15) is 0 Å². The van der Waals surface area contributed by atoms with Gasteiger partial charge in [0.05, 0.1) is 23.8 Å². The average Bonchev–Trinajstić information content (AvgIpc) is 3.48. The molecule has 0 unspecified atom stereocenters. The number of aromatic nitrogens is 1. The molecule has 1 saturated heterocycles. The Kier molecular flexibility index (Phi) is 5.68. The Bertz CT molecular complexity index is 1280. The van der Waals surface area contributed by atoms with Crippen LogP contribution in [0, 0.1) is 5.82 Å². The Morgan fingerprint density at radius 2 is 1.73 bits per heavy atom. The van der Waals surface area contributed by atoms with Crippen LogP contribution in [0.3, 0.4) is 0 Å². The Labute approximate surface area is 192 Å². The number of hydrogen-bond acceptors (Lipinski definition) is 5. The van der Waals surface area contributed by atoms with Crippen molar-refractivity contribution in [2.75, 3.05) is 13.2 Å². The first-order chi connectivity index (χ1) is 15.9. The molecule has 8 heteroatoms. The van der Waals surface area contributed by atoms with Crippen molar-refractivity contribution in [3.63, 3.8) is 0 Å². The predicted molar refractivity (Wildman–Crippen MR) is 120 cm³/mol. The third kappa shape index (κ3) is 4.03. The van der Waals surface area contributed by atoms with Crippen LogP contribution in [-0.2, 0) is 19.5 Å². The minimum absolute atomic E-state index is 0.0966. The van der Waals surface area contributed by atoms with Gasteiger partial charge in [0.15, 0.2) is 12.1 Å². The molecule has 0 amide bonds. The summed E-state index contributed by atoms with van der Waals surface area (Å²) in [6.07, 6.45) is 5.00. The highest BCUT2D eigenvalue weighted by molar-refractivity contribution is 7.90. The summed E-state index contributed by atoms with van der Waals surface area (Å²) in [6, 6.07) is 14.1. The second-order valence-electron chi connectivity index (χ2n) is 8.51. The zero-order valence-electron chi connectivity index (χ0n) is 17.9. The largest absolute Gasteiger partial charge is 0.348 e. The van der Waals surface area contributed by atoms with Gasteiger partial charge < -0.3 is 9.47 Å². The molecule has 2 fully saturated rings. The van der Waals surface area contributed by atoms with Crippen molar-refractivity contribution >= 4 is 16.3 Å². The second kappa shape index (κ2) is 8.52. The molecule has 1 aromatic heterocycles. The molecule has 0 N–H and O–H groups in total. The normalized spacial score (nSPS) is 18.6. The molecule has 2 heterocycles. The SMILES string of the molecule is O=Cc1cc(-c2ccccc2F)n(S(=O)(=O)c2cccc(C3CCC4(CC3)OCCO4)c2)c1. The van der Waals surface area contributed by atoms with Crippen molar-refractivity contribution in [3.8, 4) is 11.3 Å². The van der Waals surface area contributed by atoms with E-state index in [4.69, 9.17) is 9.47 Å². The van der Waals surface area contributed by atoms with Crippen molar-refractivity contribution in [1.29, 1.82) is 0 Å². The number of benzene rings is 2. The van der Waals surface area contributed by atoms with Gasteiger partial charge in [0.1, 0.15) is 5.82 Å². The molecule has 1 saturated carbocycles. The van der Waals surface area contributed by atoms with Gasteiger partial charge in [-0.15, -0.1) is 0 Å². The molecule has 172 valence electrons. The van der Waals surface area contributed by atoms with E-state index >= 15 is 0 Å². The number of carbonyl (C=O) groups is 1. The topological polar surface area (TPSA) is 74.6 Å². The van der Waals surface area contributed by atoms with Gasteiger partial charge >= 0.3 is 0 Å².